The van der Waals surface area contributed by atoms with Crippen molar-refractivity contribution in [1.82, 2.24) is 0 Å². The Bertz CT molecular complexity index is 116. The van der Waals surface area contributed by atoms with E-state index in [4.69, 9.17) is 4.74 Å². The van der Waals surface area contributed by atoms with Crippen molar-refractivity contribution < 1.29 is 9.53 Å². The third-order valence-electron chi connectivity index (χ3n) is 1.55. The Hall–Kier alpha value is -0.530. The van der Waals surface area contributed by atoms with E-state index < -0.39 is 0 Å². The molecule has 2 heteroatoms. The van der Waals surface area contributed by atoms with Gasteiger partial charge in [0.05, 0.1) is 12.5 Å². The second-order valence-electron chi connectivity index (χ2n) is 2.65. The Morgan fingerprint density at radius 2 is 2.30 bits per heavy atom. The first kappa shape index (κ1) is 7.58. The molecule has 10 heavy (non-hydrogen) atoms. The third-order valence-corrected chi connectivity index (χ3v) is 1.55. The zero-order chi connectivity index (χ0) is 7.40. The number of hydrogen-bond acceptors (Lipinski definition) is 2. The maximum absolute atomic E-state index is 10.8. The van der Waals surface area contributed by atoms with Crippen LogP contribution in [0.25, 0.3) is 0 Å². The molecule has 0 aliphatic heterocycles. The van der Waals surface area contributed by atoms with E-state index in [2.05, 4.69) is 6.92 Å². The van der Waals surface area contributed by atoms with Crippen LogP contribution in [0.5, 0.6) is 0 Å². The molecule has 0 aromatic heterocycles. The number of carbonyl (C=O) groups excluding carboxylic acids is 1. The van der Waals surface area contributed by atoms with E-state index in [1.165, 1.54) is 0 Å². The molecular formula is C8H13O2. The fraction of sp³-hybridized carbons (Fsp3) is 0.750. The minimum Gasteiger partial charge on any atom is -0.465 e. The fourth-order valence-corrected chi connectivity index (χ4v) is 0.712. The van der Waals surface area contributed by atoms with Gasteiger partial charge in [-0.3, -0.25) is 4.79 Å². The summed E-state index contributed by atoms with van der Waals surface area (Å²) in [7, 11) is 0. The van der Waals surface area contributed by atoms with Crippen LogP contribution in [0.4, 0.5) is 0 Å². The van der Waals surface area contributed by atoms with E-state index in [9.17, 15) is 4.79 Å². The number of hydrogen-bond donors (Lipinski definition) is 0. The van der Waals surface area contributed by atoms with Crippen molar-refractivity contribution in [2.75, 3.05) is 6.61 Å². The fourth-order valence-electron chi connectivity index (χ4n) is 0.712. The number of rotatable bonds is 4. The first-order chi connectivity index (χ1) is 4.84. The first-order valence-corrected chi connectivity index (χ1v) is 3.80. The summed E-state index contributed by atoms with van der Waals surface area (Å²) in [6.45, 7) is 4.21. The summed E-state index contributed by atoms with van der Waals surface area (Å²) in [5.74, 6) is 0.235. The monoisotopic (exact) mass is 141 g/mol. The second kappa shape index (κ2) is 3.59. The van der Waals surface area contributed by atoms with Crippen molar-refractivity contribution >= 4 is 5.97 Å². The van der Waals surface area contributed by atoms with Crippen molar-refractivity contribution in [2.45, 2.75) is 25.7 Å². The molecule has 1 saturated carbocycles. The van der Waals surface area contributed by atoms with Crippen molar-refractivity contribution in [3.05, 3.63) is 6.92 Å². The van der Waals surface area contributed by atoms with Crippen LogP contribution < -0.4 is 0 Å². The molecule has 1 fully saturated rings. The Labute approximate surface area is 61.6 Å². The first-order valence-electron chi connectivity index (χ1n) is 3.80. The van der Waals surface area contributed by atoms with Gasteiger partial charge in [-0.1, -0.05) is 13.3 Å². The lowest BCUT2D eigenvalue weighted by atomic mass is 10.3. The molecule has 57 valence electrons. The molecule has 1 aliphatic carbocycles. The van der Waals surface area contributed by atoms with Crippen LogP contribution >= 0.6 is 0 Å². The molecule has 0 spiro atoms. The van der Waals surface area contributed by atoms with Gasteiger partial charge in [-0.2, -0.15) is 0 Å². The van der Waals surface area contributed by atoms with Crippen LogP contribution in [0.15, 0.2) is 0 Å². The Morgan fingerprint density at radius 3 is 2.80 bits per heavy atom. The normalized spacial score (nSPS) is 16.9. The van der Waals surface area contributed by atoms with Gasteiger partial charge in [0, 0.05) is 0 Å². The zero-order valence-electron chi connectivity index (χ0n) is 6.14. The summed E-state index contributed by atoms with van der Waals surface area (Å²) in [4.78, 5) is 10.8. The van der Waals surface area contributed by atoms with Crippen molar-refractivity contribution in [2.24, 2.45) is 5.92 Å². The highest BCUT2D eigenvalue weighted by Gasteiger charge is 2.30. The van der Waals surface area contributed by atoms with Crippen molar-refractivity contribution in [3.63, 3.8) is 0 Å². The molecule has 0 aromatic carbocycles. The summed E-state index contributed by atoms with van der Waals surface area (Å²) in [6, 6.07) is 0. The van der Waals surface area contributed by atoms with Gasteiger partial charge < -0.3 is 4.74 Å². The van der Waals surface area contributed by atoms with E-state index in [0.717, 1.165) is 25.7 Å². The Balaban J connectivity index is 1.95. The van der Waals surface area contributed by atoms with Crippen molar-refractivity contribution in [3.8, 4) is 0 Å². The van der Waals surface area contributed by atoms with Crippen LogP contribution in [0.3, 0.4) is 0 Å². The molecule has 0 atom stereocenters. The highest BCUT2D eigenvalue weighted by atomic mass is 16.5. The SMILES string of the molecule is [CH2]CCCOC(=O)C1CC1. The van der Waals surface area contributed by atoms with E-state index in [1.807, 2.05) is 0 Å². The van der Waals surface area contributed by atoms with Gasteiger partial charge in [0.2, 0.25) is 0 Å². The molecule has 1 rings (SSSR count). The summed E-state index contributed by atoms with van der Waals surface area (Å²) < 4.78 is 4.93. The highest BCUT2D eigenvalue weighted by Crippen LogP contribution is 2.29. The predicted octanol–water partition coefficient (Wildman–Crippen LogP) is 1.55. The van der Waals surface area contributed by atoms with Crippen LogP contribution in [-0.2, 0) is 9.53 Å². The van der Waals surface area contributed by atoms with Crippen LogP contribution in [0, 0.1) is 12.8 Å². The molecule has 1 aliphatic rings. The van der Waals surface area contributed by atoms with Crippen LogP contribution in [0.1, 0.15) is 25.7 Å². The lowest BCUT2D eigenvalue weighted by Crippen LogP contribution is -2.07. The molecule has 0 heterocycles. The molecule has 0 bridgehead atoms. The predicted molar refractivity (Wildman–Crippen MR) is 38.3 cm³/mol. The second-order valence-corrected chi connectivity index (χ2v) is 2.65. The van der Waals surface area contributed by atoms with Gasteiger partial charge in [-0.25, -0.2) is 0 Å². The molecule has 2 nitrogen and oxygen atoms in total. The number of unbranched alkanes of at least 4 members (excludes halogenated alkanes) is 1. The lowest BCUT2D eigenvalue weighted by molar-refractivity contribution is -0.145. The number of carbonyl (C=O) groups is 1. The molecular weight excluding hydrogens is 128 g/mol. The summed E-state index contributed by atoms with van der Waals surface area (Å²) >= 11 is 0. The largest absolute Gasteiger partial charge is 0.465 e. The lowest BCUT2D eigenvalue weighted by Gasteiger charge is -2.00. The van der Waals surface area contributed by atoms with Gasteiger partial charge in [-0.15, -0.1) is 0 Å². The van der Waals surface area contributed by atoms with Crippen molar-refractivity contribution in [1.29, 1.82) is 0 Å². The average Bonchev–Trinajstić information content (AvgIpc) is 2.69. The minimum atomic E-state index is -0.00606. The summed E-state index contributed by atoms with van der Waals surface area (Å²) in [6.07, 6.45) is 3.79. The number of ether oxygens (including phenoxy) is 1. The molecule has 1 radical (unpaired) electrons. The van der Waals surface area contributed by atoms with E-state index >= 15 is 0 Å². The standard InChI is InChI=1S/C8H13O2/c1-2-3-6-10-8(9)7-4-5-7/h7H,1-6H2. The maximum atomic E-state index is 10.8. The number of esters is 1. The Kier molecular flexibility index (Phi) is 2.72. The van der Waals surface area contributed by atoms with Crippen LogP contribution in [0.2, 0.25) is 0 Å². The maximum Gasteiger partial charge on any atom is 0.308 e. The molecule has 0 unspecified atom stereocenters. The van der Waals surface area contributed by atoms with Gasteiger partial charge in [0.1, 0.15) is 0 Å². The van der Waals surface area contributed by atoms with E-state index in [1.54, 1.807) is 0 Å². The topological polar surface area (TPSA) is 26.3 Å². The Morgan fingerprint density at radius 1 is 1.60 bits per heavy atom. The van der Waals surface area contributed by atoms with Gasteiger partial charge >= 0.3 is 5.97 Å². The highest BCUT2D eigenvalue weighted by molar-refractivity contribution is 5.74. The average molecular weight is 141 g/mol. The van der Waals surface area contributed by atoms with E-state index in [0.29, 0.717) is 6.61 Å². The van der Waals surface area contributed by atoms with Gasteiger partial charge in [0.15, 0.2) is 0 Å². The van der Waals surface area contributed by atoms with Crippen LogP contribution in [-0.4, -0.2) is 12.6 Å². The quantitative estimate of drug-likeness (QED) is 0.438. The molecule has 0 aromatic rings. The molecule has 0 N–H and O–H groups in total. The third kappa shape index (κ3) is 2.38. The minimum absolute atomic E-state index is 0.00606. The van der Waals surface area contributed by atoms with Gasteiger partial charge in [-0.05, 0) is 19.3 Å². The van der Waals surface area contributed by atoms with Gasteiger partial charge in [0.25, 0.3) is 0 Å². The molecule has 0 amide bonds. The summed E-state index contributed by atoms with van der Waals surface area (Å²) in [5.41, 5.74) is 0. The molecule has 0 saturated heterocycles. The zero-order valence-corrected chi connectivity index (χ0v) is 6.14. The smallest absolute Gasteiger partial charge is 0.308 e. The summed E-state index contributed by atoms with van der Waals surface area (Å²) in [5, 5.41) is 0. The van der Waals surface area contributed by atoms with E-state index in [-0.39, 0.29) is 11.9 Å².